The molecule has 0 fully saturated rings. The van der Waals surface area contributed by atoms with Crippen molar-refractivity contribution in [3.8, 4) is 0 Å². The van der Waals surface area contributed by atoms with Gasteiger partial charge in [-0.3, -0.25) is 10.1 Å². The first kappa shape index (κ1) is 14.9. The van der Waals surface area contributed by atoms with Crippen LogP contribution in [-0.2, 0) is 6.42 Å². The Hall–Kier alpha value is -2.50. The number of hydrogen-bond donors (Lipinski definition) is 1. The third kappa shape index (κ3) is 3.98. The van der Waals surface area contributed by atoms with E-state index in [2.05, 4.69) is 5.32 Å². The van der Waals surface area contributed by atoms with Crippen LogP contribution in [-0.4, -0.2) is 11.0 Å². The molecule has 1 unspecified atom stereocenters. The summed E-state index contributed by atoms with van der Waals surface area (Å²) >= 11 is 0. The van der Waals surface area contributed by atoms with Gasteiger partial charge in [0, 0.05) is 17.8 Å². The molecule has 0 aromatic heterocycles. The largest absolute Gasteiger partial charge is 0.382 e. The van der Waals surface area contributed by atoms with Crippen LogP contribution in [0.1, 0.15) is 12.5 Å². The molecule has 0 aliphatic carbocycles. The van der Waals surface area contributed by atoms with Gasteiger partial charge in [-0.05, 0) is 43.2 Å². The van der Waals surface area contributed by atoms with Gasteiger partial charge in [0.2, 0.25) is 5.82 Å². The number of halogens is 2. The van der Waals surface area contributed by atoms with Crippen LogP contribution in [0.15, 0.2) is 42.5 Å². The number of rotatable bonds is 5. The normalized spacial score (nSPS) is 12.0. The van der Waals surface area contributed by atoms with Gasteiger partial charge >= 0.3 is 5.69 Å². The molecule has 0 bridgehead atoms. The minimum atomic E-state index is -0.872. The molecular formula is C15H14F2N2O2. The summed E-state index contributed by atoms with van der Waals surface area (Å²) in [5.74, 6) is -1.18. The lowest BCUT2D eigenvalue weighted by Crippen LogP contribution is -2.18. The molecule has 2 rings (SSSR count). The summed E-state index contributed by atoms with van der Waals surface area (Å²) in [5, 5.41) is 13.7. The summed E-state index contributed by atoms with van der Waals surface area (Å²) < 4.78 is 26.3. The Morgan fingerprint density at radius 3 is 2.67 bits per heavy atom. The van der Waals surface area contributed by atoms with Gasteiger partial charge in [-0.15, -0.1) is 0 Å². The number of anilines is 1. The molecule has 21 heavy (non-hydrogen) atoms. The van der Waals surface area contributed by atoms with E-state index in [-0.39, 0.29) is 11.9 Å². The van der Waals surface area contributed by atoms with Crippen molar-refractivity contribution >= 4 is 11.4 Å². The Labute approximate surface area is 120 Å². The molecule has 110 valence electrons. The van der Waals surface area contributed by atoms with Gasteiger partial charge in [0.25, 0.3) is 0 Å². The molecule has 0 aliphatic heterocycles. The molecule has 2 aromatic carbocycles. The van der Waals surface area contributed by atoms with Gasteiger partial charge in [-0.25, -0.2) is 4.39 Å². The molecule has 0 aliphatic rings. The summed E-state index contributed by atoms with van der Waals surface area (Å²) in [4.78, 5) is 9.92. The zero-order valence-corrected chi connectivity index (χ0v) is 11.3. The maximum atomic E-state index is 13.2. The molecular weight excluding hydrogens is 278 g/mol. The number of benzene rings is 2. The minimum Gasteiger partial charge on any atom is -0.382 e. The standard InChI is InChI=1S/C15H14F2N2O2/c1-10(7-11-3-2-4-12(16)8-11)18-13-5-6-14(17)15(9-13)19(20)21/h2-6,8-10,18H,7H2,1H3. The second kappa shape index (κ2) is 6.30. The first-order valence-electron chi connectivity index (χ1n) is 6.40. The van der Waals surface area contributed by atoms with Crippen molar-refractivity contribution in [2.45, 2.75) is 19.4 Å². The monoisotopic (exact) mass is 292 g/mol. The van der Waals surface area contributed by atoms with Crippen LogP contribution in [0, 0.1) is 21.7 Å². The quantitative estimate of drug-likeness (QED) is 0.671. The van der Waals surface area contributed by atoms with Crippen LogP contribution in [0.5, 0.6) is 0 Å². The van der Waals surface area contributed by atoms with E-state index in [9.17, 15) is 18.9 Å². The zero-order chi connectivity index (χ0) is 15.4. The SMILES string of the molecule is CC(Cc1cccc(F)c1)Nc1ccc(F)c([N+](=O)[O-])c1. The molecule has 1 atom stereocenters. The summed E-state index contributed by atoms with van der Waals surface area (Å²) in [6.45, 7) is 1.86. The Bertz CT molecular complexity index is 662. The first-order chi connectivity index (χ1) is 9.95. The van der Waals surface area contributed by atoms with Crippen molar-refractivity contribution in [3.05, 3.63) is 69.8 Å². The lowest BCUT2D eigenvalue weighted by molar-refractivity contribution is -0.387. The Morgan fingerprint density at radius 1 is 1.24 bits per heavy atom. The molecule has 0 radical (unpaired) electrons. The molecule has 0 amide bonds. The predicted octanol–water partition coefficient (Wildman–Crippen LogP) is 3.92. The van der Waals surface area contributed by atoms with Crippen molar-refractivity contribution in [1.82, 2.24) is 0 Å². The average Bonchev–Trinajstić information content (AvgIpc) is 2.40. The highest BCUT2D eigenvalue weighted by Gasteiger charge is 2.15. The van der Waals surface area contributed by atoms with Gasteiger partial charge < -0.3 is 5.32 Å². The number of nitrogens with zero attached hydrogens (tertiary/aromatic N) is 1. The van der Waals surface area contributed by atoms with Crippen molar-refractivity contribution in [1.29, 1.82) is 0 Å². The van der Waals surface area contributed by atoms with Crippen LogP contribution in [0.2, 0.25) is 0 Å². The topological polar surface area (TPSA) is 55.2 Å². The highest BCUT2D eigenvalue weighted by Crippen LogP contribution is 2.22. The number of nitro benzene ring substituents is 1. The molecule has 2 aromatic rings. The van der Waals surface area contributed by atoms with Crippen molar-refractivity contribution in [2.75, 3.05) is 5.32 Å². The van der Waals surface area contributed by atoms with E-state index in [1.165, 1.54) is 18.2 Å². The summed E-state index contributed by atoms with van der Waals surface area (Å²) in [6.07, 6.45) is 0.545. The zero-order valence-electron chi connectivity index (χ0n) is 11.3. The Morgan fingerprint density at radius 2 is 2.00 bits per heavy atom. The van der Waals surface area contributed by atoms with E-state index in [0.29, 0.717) is 12.1 Å². The second-order valence-corrected chi connectivity index (χ2v) is 4.80. The molecule has 0 saturated carbocycles. The van der Waals surface area contributed by atoms with Gasteiger partial charge in [-0.1, -0.05) is 12.1 Å². The van der Waals surface area contributed by atoms with Gasteiger partial charge in [-0.2, -0.15) is 4.39 Å². The Kier molecular flexibility index (Phi) is 4.47. The van der Waals surface area contributed by atoms with Crippen molar-refractivity contribution in [3.63, 3.8) is 0 Å². The first-order valence-corrected chi connectivity index (χ1v) is 6.40. The van der Waals surface area contributed by atoms with E-state index in [1.54, 1.807) is 12.1 Å². The minimum absolute atomic E-state index is 0.0862. The van der Waals surface area contributed by atoms with E-state index >= 15 is 0 Å². The average molecular weight is 292 g/mol. The third-order valence-electron chi connectivity index (χ3n) is 2.99. The highest BCUT2D eigenvalue weighted by molar-refractivity contribution is 5.52. The smallest absolute Gasteiger partial charge is 0.306 e. The van der Waals surface area contributed by atoms with E-state index < -0.39 is 16.4 Å². The van der Waals surface area contributed by atoms with E-state index in [4.69, 9.17) is 0 Å². The molecule has 4 nitrogen and oxygen atoms in total. The maximum Gasteiger partial charge on any atom is 0.306 e. The molecule has 1 N–H and O–H groups in total. The van der Waals surface area contributed by atoms with Crippen molar-refractivity contribution < 1.29 is 13.7 Å². The molecule has 0 heterocycles. The van der Waals surface area contributed by atoms with Crippen LogP contribution >= 0.6 is 0 Å². The maximum absolute atomic E-state index is 13.2. The van der Waals surface area contributed by atoms with Gasteiger partial charge in [0.05, 0.1) is 4.92 Å². The fourth-order valence-electron chi connectivity index (χ4n) is 2.10. The number of nitro groups is 1. The summed E-state index contributed by atoms with van der Waals surface area (Å²) in [6, 6.07) is 9.78. The van der Waals surface area contributed by atoms with E-state index in [1.807, 2.05) is 6.92 Å². The second-order valence-electron chi connectivity index (χ2n) is 4.80. The highest BCUT2D eigenvalue weighted by atomic mass is 19.1. The third-order valence-corrected chi connectivity index (χ3v) is 2.99. The molecule has 6 heteroatoms. The summed E-state index contributed by atoms with van der Waals surface area (Å²) in [7, 11) is 0. The number of nitrogens with one attached hydrogen (secondary N) is 1. The molecule has 0 spiro atoms. The summed E-state index contributed by atoms with van der Waals surface area (Å²) in [5.41, 5.74) is 0.691. The molecule has 0 saturated heterocycles. The fraction of sp³-hybridized carbons (Fsp3) is 0.200. The van der Waals surface area contributed by atoms with E-state index in [0.717, 1.165) is 17.7 Å². The lowest BCUT2D eigenvalue weighted by atomic mass is 10.1. The predicted molar refractivity (Wildman–Crippen MR) is 76.2 cm³/mol. The van der Waals surface area contributed by atoms with Crippen LogP contribution in [0.3, 0.4) is 0 Å². The Balaban J connectivity index is 2.07. The fourth-order valence-corrected chi connectivity index (χ4v) is 2.10. The van der Waals surface area contributed by atoms with Crippen molar-refractivity contribution in [2.24, 2.45) is 0 Å². The van der Waals surface area contributed by atoms with Gasteiger partial charge in [0.15, 0.2) is 0 Å². The number of hydrogen-bond acceptors (Lipinski definition) is 3. The van der Waals surface area contributed by atoms with Crippen LogP contribution in [0.25, 0.3) is 0 Å². The lowest BCUT2D eigenvalue weighted by Gasteiger charge is -2.15. The van der Waals surface area contributed by atoms with Gasteiger partial charge in [0.1, 0.15) is 5.82 Å². The van der Waals surface area contributed by atoms with Crippen LogP contribution < -0.4 is 5.32 Å². The van der Waals surface area contributed by atoms with Crippen LogP contribution in [0.4, 0.5) is 20.2 Å².